The Bertz CT molecular complexity index is 477. The van der Waals surface area contributed by atoms with E-state index < -0.39 is 0 Å². The van der Waals surface area contributed by atoms with Crippen LogP contribution >= 0.6 is 11.8 Å². The summed E-state index contributed by atoms with van der Waals surface area (Å²) in [5.41, 5.74) is 1.20. The van der Waals surface area contributed by atoms with Crippen LogP contribution in [0.15, 0.2) is 17.0 Å². The molecule has 0 bridgehead atoms. The minimum atomic E-state index is -0.186. The number of thioether (sulfide) groups is 1. The van der Waals surface area contributed by atoms with Crippen LogP contribution in [0.1, 0.15) is 19.4 Å². The monoisotopic (exact) mass is 327 g/mol. The number of fused-ring (bicyclic) bond motifs is 1. The number of ether oxygens (including phenoxy) is 4. The highest BCUT2D eigenvalue weighted by atomic mass is 32.2. The van der Waals surface area contributed by atoms with E-state index in [4.69, 9.17) is 18.9 Å². The lowest BCUT2D eigenvalue weighted by Crippen LogP contribution is -2.33. The third-order valence-corrected chi connectivity index (χ3v) is 4.08. The number of likely N-dealkylation sites (N-methyl/N-ethyl adjacent to an activating group) is 1. The molecule has 1 heterocycles. The normalized spacial score (nSPS) is 13.4. The van der Waals surface area contributed by atoms with Gasteiger partial charge in [-0.2, -0.15) is 0 Å². The summed E-state index contributed by atoms with van der Waals surface area (Å²) in [6, 6.07) is 4.21. The Kier molecular flexibility index (Phi) is 6.82. The zero-order valence-corrected chi connectivity index (χ0v) is 14.6. The molecule has 0 aromatic heterocycles. The van der Waals surface area contributed by atoms with E-state index in [0.29, 0.717) is 20.0 Å². The lowest BCUT2D eigenvalue weighted by Gasteiger charge is -2.24. The van der Waals surface area contributed by atoms with Crippen LogP contribution in [0.3, 0.4) is 0 Å². The number of hydrogen-bond donors (Lipinski definition) is 0. The second-order valence-corrected chi connectivity index (χ2v) is 5.92. The van der Waals surface area contributed by atoms with Crippen molar-refractivity contribution in [3.8, 4) is 11.5 Å². The molecule has 0 unspecified atom stereocenters. The summed E-state index contributed by atoms with van der Waals surface area (Å²) in [4.78, 5) is 3.31. The van der Waals surface area contributed by atoms with Gasteiger partial charge in [-0.3, -0.25) is 4.90 Å². The second kappa shape index (κ2) is 8.62. The van der Waals surface area contributed by atoms with Gasteiger partial charge < -0.3 is 18.9 Å². The maximum Gasteiger partial charge on any atom is 0.231 e. The fourth-order valence-corrected chi connectivity index (χ4v) is 3.05. The van der Waals surface area contributed by atoms with Crippen LogP contribution in [0.25, 0.3) is 0 Å². The van der Waals surface area contributed by atoms with Crippen molar-refractivity contribution in [3.63, 3.8) is 0 Å². The Hall–Kier alpha value is -0.950. The molecule has 0 saturated carbocycles. The third-order valence-electron chi connectivity index (χ3n) is 3.34. The van der Waals surface area contributed by atoms with Crippen LogP contribution < -0.4 is 9.47 Å². The van der Waals surface area contributed by atoms with E-state index in [0.717, 1.165) is 29.5 Å². The highest BCUT2D eigenvalue weighted by Gasteiger charge is 2.20. The highest BCUT2D eigenvalue weighted by Crippen LogP contribution is 2.41. The van der Waals surface area contributed by atoms with Crippen molar-refractivity contribution in [2.24, 2.45) is 0 Å². The van der Waals surface area contributed by atoms with Crippen LogP contribution in [0, 0.1) is 0 Å². The summed E-state index contributed by atoms with van der Waals surface area (Å²) in [6.07, 6.45) is 1.86. The van der Waals surface area contributed by atoms with E-state index in [1.54, 1.807) is 11.8 Å². The van der Waals surface area contributed by atoms with E-state index in [1.807, 2.05) is 20.1 Å². The van der Waals surface area contributed by atoms with Gasteiger partial charge >= 0.3 is 0 Å². The molecule has 0 atom stereocenters. The van der Waals surface area contributed by atoms with Crippen molar-refractivity contribution in [1.82, 2.24) is 4.90 Å². The van der Waals surface area contributed by atoms with E-state index in [2.05, 4.69) is 24.1 Å². The van der Waals surface area contributed by atoms with Gasteiger partial charge in [0.15, 0.2) is 17.8 Å². The Balaban J connectivity index is 2.00. The molecule has 6 heteroatoms. The predicted molar refractivity (Wildman–Crippen MR) is 87.7 cm³/mol. The van der Waals surface area contributed by atoms with Gasteiger partial charge in [-0.1, -0.05) is 0 Å². The fourth-order valence-electron chi connectivity index (χ4n) is 2.43. The molecule has 1 aliphatic heterocycles. The number of rotatable bonds is 9. The Morgan fingerprint density at radius 3 is 2.59 bits per heavy atom. The quantitative estimate of drug-likeness (QED) is 0.513. The maximum atomic E-state index is 5.60. The molecule has 2 rings (SSSR count). The molecule has 0 fully saturated rings. The zero-order chi connectivity index (χ0) is 15.9. The number of hydrogen-bond acceptors (Lipinski definition) is 6. The first-order valence-electron chi connectivity index (χ1n) is 7.56. The summed E-state index contributed by atoms with van der Waals surface area (Å²) in [7, 11) is 2.06. The summed E-state index contributed by atoms with van der Waals surface area (Å²) in [5, 5.41) is 0. The summed E-state index contributed by atoms with van der Waals surface area (Å²) < 4.78 is 22.2. The van der Waals surface area contributed by atoms with Crippen molar-refractivity contribution in [2.45, 2.75) is 31.6 Å². The molecular formula is C16H25NO4S. The molecule has 0 spiro atoms. The molecule has 1 aromatic rings. The first kappa shape index (κ1) is 17.4. The first-order chi connectivity index (χ1) is 10.7. The van der Waals surface area contributed by atoms with Crippen molar-refractivity contribution < 1.29 is 18.9 Å². The van der Waals surface area contributed by atoms with Crippen molar-refractivity contribution in [3.05, 3.63) is 17.7 Å². The van der Waals surface area contributed by atoms with E-state index >= 15 is 0 Å². The summed E-state index contributed by atoms with van der Waals surface area (Å²) in [6.45, 7) is 7.10. The van der Waals surface area contributed by atoms with Crippen LogP contribution in [-0.4, -0.2) is 51.0 Å². The van der Waals surface area contributed by atoms with Crippen molar-refractivity contribution in [2.75, 3.05) is 39.9 Å². The van der Waals surface area contributed by atoms with Gasteiger partial charge in [0.05, 0.1) is 4.90 Å². The molecule has 0 aliphatic carbocycles. The first-order valence-corrected chi connectivity index (χ1v) is 8.78. The van der Waals surface area contributed by atoms with Crippen LogP contribution in [0.2, 0.25) is 0 Å². The molecule has 0 saturated heterocycles. The largest absolute Gasteiger partial charge is 0.454 e. The van der Waals surface area contributed by atoms with Crippen molar-refractivity contribution in [1.29, 1.82) is 0 Å². The minimum Gasteiger partial charge on any atom is -0.454 e. The van der Waals surface area contributed by atoms with Gasteiger partial charge in [-0.25, -0.2) is 0 Å². The molecular weight excluding hydrogens is 302 g/mol. The number of benzene rings is 1. The average Bonchev–Trinajstić information content (AvgIpc) is 2.95. The molecule has 0 N–H and O–H groups in total. The second-order valence-electron chi connectivity index (χ2n) is 5.07. The fraction of sp³-hybridized carbons (Fsp3) is 0.625. The van der Waals surface area contributed by atoms with E-state index in [9.17, 15) is 0 Å². The Labute approximate surface area is 136 Å². The van der Waals surface area contributed by atoms with Gasteiger partial charge in [0.25, 0.3) is 0 Å². The van der Waals surface area contributed by atoms with Gasteiger partial charge in [0.1, 0.15) is 0 Å². The van der Waals surface area contributed by atoms with Gasteiger partial charge in [0, 0.05) is 26.3 Å². The molecule has 0 amide bonds. The Morgan fingerprint density at radius 1 is 1.23 bits per heavy atom. The van der Waals surface area contributed by atoms with Gasteiger partial charge in [-0.05, 0) is 44.8 Å². The van der Waals surface area contributed by atoms with Gasteiger partial charge in [0.2, 0.25) is 6.79 Å². The Morgan fingerprint density at radius 2 is 1.95 bits per heavy atom. The maximum absolute atomic E-state index is 5.60. The SMILES string of the molecule is CCOC(CN(C)Cc1cc2c(c(SC)c1)OCO2)OCC. The molecule has 1 aliphatic rings. The minimum absolute atomic E-state index is 0.186. The summed E-state index contributed by atoms with van der Waals surface area (Å²) in [5.74, 6) is 1.70. The zero-order valence-electron chi connectivity index (χ0n) is 13.8. The van der Waals surface area contributed by atoms with Crippen LogP contribution in [0.5, 0.6) is 11.5 Å². The predicted octanol–water partition coefficient (Wildman–Crippen LogP) is 2.97. The molecule has 0 radical (unpaired) electrons. The lowest BCUT2D eigenvalue weighted by atomic mass is 10.2. The smallest absolute Gasteiger partial charge is 0.231 e. The van der Waals surface area contributed by atoms with Crippen molar-refractivity contribution >= 4 is 11.8 Å². The van der Waals surface area contributed by atoms with E-state index in [1.165, 1.54) is 5.56 Å². The standard InChI is InChI=1S/C16H25NO4S/c1-5-18-15(19-6-2)10-17(3)9-12-7-13-16(21-11-20-13)14(8-12)22-4/h7-8,15H,5-6,9-11H2,1-4H3. The van der Waals surface area contributed by atoms with Gasteiger partial charge in [-0.15, -0.1) is 11.8 Å². The highest BCUT2D eigenvalue weighted by molar-refractivity contribution is 7.98. The number of nitrogens with zero attached hydrogens (tertiary/aromatic N) is 1. The topological polar surface area (TPSA) is 40.2 Å². The molecule has 5 nitrogen and oxygen atoms in total. The molecule has 22 heavy (non-hydrogen) atoms. The molecule has 124 valence electrons. The average molecular weight is 327 g/mol. The summed E-state index contributed by atoms with van der Waals surface area (Å²) >= 11 is 1.67. The third kappa shape index (κ3) is 4.52. The van der Waals surface area contributed by atoms with Crippen LogP contribution in [0.4, 0.5) is 0 Å². The van der Waals surface area contributed by atoms with E-state index in [-0.39, 0.29) is 6.29 Å². The van der Waals surface area contributed by atoms with Crippen LogP contribution in [-0.2, 0) is 16.0 Å². The lowest BCUT2D eigenvalue weighted by molar-refractivity contribution is -0.145. The molecule has 1 aromatic carbocycles.